The minimum Gasteiger partial charge on any atom is -0.245 e. The Balaban J connectivity index is 2.46. The summed E-state index contributed by atoms with van der Waals surface area (Å²) in [6, 6.07) is 16.8. The molecular formula is C13H12BrNOS. The van der Waals surface area contributed by atoms with Gasteiger partial charge in [0.1, 0.15) is 0 Å². The quantitative estimate of drug-likeness (QED) is 0.816. The van der Waals surface area contributed by atoms with E-state index in [4.69, 9.17) is 0 Å². The van der Waals surface area contributed by atoms with Gasteiger partial charge in [-0.3, -0.25) is 0 Å². The Kier molecular flexibility index (Phi) is 3.64. The number of nitrogens with zero attached hydrogens (tertiary/aromatic N) is 1. The van der Waals surface area contributed by atoms with Crippen LogP contribution in [0.2, 0.25) is 0 Å². The number of rotatable bonds is 2. The van der Waals surface area contributed by atoms with Gasteiger partial charge in [0.05, 0.1) is 15.4 Å². The fourth-order valence-corrected chi connectivity index (χ4v) is 2.98. The van der Waals surface area contributed by atoms with Gasteiger partial charge in [-0.2, -0.15) is 4.36 Å². The first kappa shape index (κ1) is 12.3. The van der Waals surface area contributed by atoms with E-state index in [0.717, 1.165) is 15.1 Å². The lowest BCUT2D eigenvalue weighted by Crippen LogP contribution is -1.95. The fraction of sp³-hybridized carbons (Fsp3) is 0.0769. The second kappa shape index (κ2) is 5.02. The molecule has 4 heteroatoms. The van der Waals surface area contributed by atoms with Crippen LogP contribution >= 0.6 is 15.9 Å². The zero-order valence-electron chi connectivity index (χ0n) is 9.34. The molecular weight excluding hydrogens is 298 g/mol. The lowest BCUT2D eigenvalue weighted by atomic mass is 10.3. The van der Waals surface area contributed by atoms with E-state index in [9.17, 15) is 4.21 Å². The third-order valence-corrected chi connectivity index (χ3v) is 4.52. The minimum atomic E-state index is -2.37. The Bertz CT molecular complexity index is 614. The average molecular weight is 310 g/mol. The first-order valence-electron chi connectivity index (χ1n) is 5.11. The van der Waals surface area contributed by atoms with Gasteiger partial charge in [-0.25, -0.2) is 4.21 Å². The SMILES string of the molecule is CS(=O)(=Nc1ccc(Br)cc1)c1ccccc1. The van der Waals surface area contributed by atoms with E-state index >= 15 is 0 Å². The van der Waals surface area contributed by atoms with Gasteiger partial charge in [0, 0.05) is 15.6 Å². The lowest BCUT2D eigenvalue weighted by molar-refractivity contribution is 0.681. The van der Waals surface area contributed by atoms with Gasteiger partial charge >= 0.3 is 0 Å². The molecule has 0 saturated heterocycles. The molecule has 0 aromatic heterocycles. The highest BCUT2D eigenvalue weighted by atomic mass is 79.9. The van der Waals surface area contributed by atoms with E-state index in [1.807, 2.05) is 54.6 Å². The van der Waals surface area contributed by atoms with Crippen molar-refractivity contribution in [2.45, 2.75) is 4.90 Å². The van der Waals surface area contributed by atoms with Crippen molar-refractivity contribution in [1.29, 1.82) is 0 Å². The van der Waals surface area contributed by atoms with Crippen molar-refractivity contribution in [3.05, 3.63) is 59.1 Å². The first-order chi connectivity index (χ1) is 8.08. The third kappa shape index (κ3) is 3.17. The van der Waals surface area contributed by atoms with Crippen molar-refractivity contribution in [2.75, 3.05) is 6.26 Å². The molecule has 2 aromatic rings. The van der Waals surface area contributed by atoms with Crippen molar-refractivity contribution in [3.63, 3.8) is 0 Å². The number of halogens is 1. The molecule has 2 nitrogen and oxygen atoms in total. The van der Waals surface area contributed by atoms with Crippen LogP contribution in [0.1, 0.15) is 0 Å². The van der Waals surface area contributed by atoms with Gasteiger partial charge in [-0.05, 0) is 36.4 Å². The predicted octanol–water partition coefficient (Wildman–Crippen LogP) is 4.24. The standard InChI is InChI=1S/C13H12BrNOS/c1-17(16,13-5-3-2-4-6-13)15-12-9-7-11(14)8-10-12/h2-10H,1H3. The number of hydrogen-bond acceptors (Lipinski definition) is 2. The van der Waals surface area contributed by atoms with Crippen LogP contribution in [0.4, 0.5) is 5.69 Å². The first-order valence-corrected chi connectivity index (χ1v) is 7.82. The van der Waals surface area contributed by atoms with Crippen molar-refractivity contribution in [1.82, 2.24) is 0 Å². The Morgan fingerprint density at radius 3 is 2.18 bits per heavy atom. The van der Waals surface area contributed by atoms with E-state index in [-0.39, 0.29) is 0 Å². The fourth-order valence-electron chi connectivity index (χ4n) is 1.43. The predicted molar refractivity (Wildman–Crippen MR) is 75.0 cm³/mol. The summed E-state index contributed by atoms with van der Waals surface area (Å²) in [4.78, 5) is 0.753. The van der Waals surface area contributed by atoms with E-state index < -0.39 is 9.73 Å². The Morgan fingerprint density at radius 2 is 1.59 bits per heavy atom. The summed E-state index contributed by atoms with van der Waals surface area (Å²) in [6.45, 7) is 0. The molecule has 0 bridgehead atoms. The monoisotopic (exact) mass is 309 g/mol. The highest BCUT2D eigenvalue weighted by Gasteiger charge is 2.04. The van der Waals surface area contributed by atoms with Crippen LogP contribution in [0.5, 0.6) is 0 Å². The number of hydrogen-bond donors (Lipinski definition) is 0. The lowest BCUT2D eigenvalue weighted by Gasteiger charge is -2.04. The van der Waals surface area contributed by atoms with Crippen molar-refractivity contribution < 1.29 is 4.21 Å². The molecule has 17 heavy (non-hydrogen) atoms. The van der Waals surface area contributed by atoms with Crippen LogP contribution < -0.4 is 0 Å². The summed E-state index contributed by atoms with van der Waals surface area (Å²) >= 11 is 3.36. The second-order valence-corrected chi connectivity index (χ2v) is 6.86. The molecule has 2 aromatic carbocycles. The van der Waals surface area contributed by atoms with E-state index in [1.165, 1.54) is 0 Å². The molecule has 0 amide bonds. The molecule has 0 aliphatic rings. The largest absolute Gasteiger partial charge is 0.245 e. The van der Waals surface area contributed by atoms with Gasteiger partial charge in [0.25, 0.3) is 0 Å². The molecule has 1 unspecified atom stereocenters. The maximum absolute atomic E-state index is 12.5. The summed E-state index contributed by atoms with van der Waals surface area (Å²) in [6.07, 6.45) is 1.66. The topological polar surface area (TPSA) is 29.4 Å². The highest BCUT2D eigenvalue weighted by molar-refractivity contribution is 9.10. The number of benzene rings is 2. The molecule has 0 spiro atoms. The summed E-state index contributed by atoms with van der Waals surface area (Å²) < 4.78 is 17.8. The van der Waals surface area contributed by atoms with Crippen LogP contribution in [0.3, 0.4) is 0 Å². The van der Waals surface area contributed by atoms with Crippen LogP contribution in [-0.2, 0) is 9.73 Å². The van der Waals surface area contributed by atoms with Crippen LogP contribution in [0.25, 0.3) is 0 Å². The zero-order chi connectivity index (χ0) is 12.3. The molecule has 0 N–H and O–H groups in total. The van der Waals surface area contributed by atoms with Gasteiger partial charge in [0.15, 0.2) is 0 Å². The molecule has 2 rings (SSSR count). The molecule has 0 heterocycles. The second-order valence-electron chi connectivity index (χ2n) is 3.68. The summed E-state index contributed by atoms with van der Waals surface area (Å²) in [5, 5.41) is 0. The van der Waals surface area contributed by atoms with Gasteiger partial charge in [-0.15, -0.1) is 0 Å². The maximum Gasteiger partial charge on any atom is 0.0771 e. The summed E-state index contributed by atoms with van der Waals surface area (Å²) in [7, 11) is -2.37. The van der Waals surface area contributed by atoms with E-state index in [1.54, 1.807) is 6.26 Å². The third-order valence-electron chi connectivity index (χ3n) is 2.29. The summed E-state index contributed by atoms with van der Waals surface area (Å²) in [5.41, 5.74) is 0.726. The van der Waals surface area contributed by atoms with Gasteiger partial charge in [0.2, 0.25) is 0 Å². The van der Waals surface area contributed by atoms with Crippen molar-refractivity contribution in [3.8, 4) is 0 Å². The van der Waals surface area contributed by atoms with Crippen LogP contribution in [-0.4, -0.2) is 10.5 Å². The molecule has 0 radical (unpaired) electrons. The molecule has 0 aliphatic heterocycles. The molecule has 1 atom stereocenters. The minimum absolute atomic E-state index is 0.726. The maximum atomic E-state index is 12.5. The van der Waals surface area contributed by atoms with Crippen molar-refractivity contribution in [2.24, 2.45) is 4.36 Å². The molecule has 0 fully saturated rings. The van der Waals surface area contributed by atoms with E-state index in [2.05, 4.69) is 20.3 Å². The molecule has 0 aliphatic carbocycles. The van der Waals surface area contributed by atoms with Gasteiger partial charge in [-0.1, -0.05) is 34.1 Å². The zero-order valence-corrected chi connectivity index (χ0v) is 11.7. The van der Waals surface area contributed by atoms with Crippen LogP contribution in [0.15, 0.2) is 68.3 Å². The Hall–Kier alpha value is -1.13. The molecule has 88 valence electrons. The molecule has 0 saturated carbocycles. The average Bonchev–Trinajstić information content (AvgIpc) is 2.33. The van der Waals surface area contributed by atoms with Crippen LogP contribution in [0, 0.1) is 0 Å². The Morgan fingerprint density at radius 1 is 1.00 bits per heavy atom. The normalized spacial score (nSPS) is 14.0. The Labute approximate surface area is 110 Å². The smallest absolute Gasteiger partial charge is 0.0771 e. The highest BCUT2D eigenvalue weighted by Crippen LogP contribution is 2.21. The summed E-state index contributed by atoms with van der Waals surface area (Å²) in [5.74, 6) is 0. The van der Waals surface area contributed by atoms with Gasteiger partial charge < -0.3 is 0 Å². The van der Waals surface area contributed by atoms with Crippen molar-refractivity contribution >= 4 is 31.3 Å². The van der Waals surface area contributed by atoms with E-state index in [0.29, 0.717) is 0 Å².